The van der Waals surface area contributed by atoms with E-state index in [0.29, 0.717) is 6.54 Å². The van der Waals surface area contributed by atoms with E-state index in [4.69, 9.17) is 4.74 Å². The van der Waals surface area contributed by atoms with Crippen LogP contribution in [0.15, 0.2) is 54.6 Å². The van der Waals surface area contributed by atoms with Crippen molar-refractivity contribution in [1.29, 1.82) is 0 Å². The number of alkyl carbamates (subject to hydrolysis) is 1. The lowest BCUT2D eigenvalue weighted by molar-refractivity contribution is 0.113. The minimum Gasteiger partial charge on any atom is -0.442 e. The van der Waals surface area contributed by atoms with Crippen LogP contribution in [0, 0.1) is 0 Å². The van der Waals surface area contributed by atoms with Crippen molar-refractivity contribution in [1.82, 2.24) is 5.32 Å². The van der Waals surface area contributed by atoms with Gasteiger partial charge in [0.25, 0.3) is 0 Å². The van der Waals surface area contributed by atoms with Gasteiger partial charge in [-0.15, -0.1) is 0 Å². The third-order valence-corrected chi connectivity index (χ3v) is 4.27. The zero-order valence-electron chi connectivity index (χ0n) is 13.3. The first kappa shape index (κ1) is 15.6. The molecule has 2 aromatic rings. The van der Waals surface area contributed by atoms with Crippen molar-refractivity contribution in [2.75, 3.05) is 0 Å². The fourth-order valence-electron chi connectivity index (χ4n) is 3.02. The van der Waals surface area contributed by atoms with Crippen LogP contribution in [0.2, 0.25) is 0 Å². The predicted molar refractivity (Wildman–Crippen MR) is 93.3 cm³/mol. The quantitative estimate of drug-likeness (QED) is 0.814. The summed E-state index contributed by atoms with van der Waals surface area (Å²) in [5, 5.41) is 5.23. The summed E-state index contributed by atoms with van der Waals surface area (Å²) >= 11 is 0. The molecule has 1 amide bonds. The van der Waals surface area contributed by atoms with Gasteiger partial charge in [0.15, 0.2) is 0 Å². The normalized spacial score (nSPS) is 18.2. The summed E-state index contributed by atoms with van der Waals surface area (Å²) in [7, 11) is 0. The van der Waals surface area contributed by atoms with Gasteiger partial charge in [-0.25, -0.2) is 4.79 Å². The molecule has 0 saturated carbocycles. The van der Waals surface area contributed by atoms with E-state index in [0.717, 1.165) is 24.8 Å². The molecule has 1 atom stereocenters. The fraction of sp³-hybridized carbons (Fsp3) is 0.350. The zero-order chi connectivity index (χ0) is 15.9. The standard InChI is InChI=1S/C20H23NO2/c22-20(23-18-12-4-2-1-3-5-13-18)21-15-17-11-8-10-16-9-6-7-14-19(16)17/h4,6-12,14,18H,1-3,5,13,15H2,(H,21,22). The molecule has 0 bridgehead atoms. The Bertz CT molecular complexity index is 688. The second kappa shape index (κ2) is 7.82. The van der Waals surface area contributed by atoms with E-state index < -0.39 is 0 Å². The van der Waals surface area contributed by atoms with E-state index in [-0.39, 0.29) is 12.2 Å². The summed E-state index contributed by atoms with van der Waals surface area (Å²) < 4.78 is 5.52. The van der Waals surface area contributed by atoms with Crippen LogP contribution < -0.4 is 5.32 Å². The summed E-state index contributed by atoms with van der Waals surface area (Å²) in [5.41, 5.74) is 1.10. The molecule has 2 aromatic carbocycles. The van der Waals surface area contributed by atoms with Crippen LogP contribution in [0.1, 0.15) is 37.7 Å². The zero-order valence-corrected chi connectivity index (χ0v) is 13.3. The Morgan fingerprint density at radius 2 is 1.96 bits per heavy atom. The lowest BCUT2D eigenvalue weighted by Crippen LogP contribution is -2.28. The molecule has 0 spiro atoms. The van der Waals surface area contributed by atoms with Crippen LogP contribution in [0.4, 0.5) is 4.79 Å². The number of amides is 1. The Balaban J connectivity index is 1.58. The second-order valence-electron chi connectivity index (χ2n) is 6.00. The van der Waals surface area contributed by atoms with Gasteiger partial charge in [-0.3, -0.25) is 0 Å². The molecule has 0 aliphatic heterocycles. The van der Waals surface area contributed by atoms with Crippen LogP contribution in [0.25, 0.3) is 10.8 Å². The van der Waals surface area contributed by atoms with E-state index in [1.54, 1.807) is 0 Å². The number of rotatable bonds is 3. The van der Waals surface area contributed by atoms with E-state index >= 15 is 0 Å². The molecular weight excluding hydrogens is 286 g/mol. The largest absolute Gasteiger partial charge is 0.442 e. The molecular formula is C20H23NO2. The molecule has 3 heteroatoms. The highest BCUT2D eigenvalue weighted by Crippen LogP contribution is 2.18. The first-order chi connectivity index (χ1) is 11.3. The molecule has 0 fully saturated rings. The second-order valence-corrected chi connectivity index (χ2v) is 6.00. The van der Waals surface area contributed by atoms with E-state index in [9.17, 15) is 4.79 Å². The number of hydrogen-bond acceptors (Lipinski definition) is 2. The third kappa shape index (κ3) is 4.35. The molecule has 1 aliphatic carbocycles. The number of allylic oxidation sites excluding steroid dienone is 1. The first-order valence-electron chi connectivity index (χ1n) is 8.41. The van der Waals surface area contributed by atoms with Gasteiger partial charge in [0.2, 0.25) is 0 Å². The van der Waals surface area contributed by atoms with E-state index in [1.165, 1.54) is 23.6 Å². The highest BCUT2D eigenvalue weighted by Gasteiger charge is 2.12. The van der Waals surface area contributed by atoms with Crippen molar-refractivity contribution in [3.63, 3.8) is 0 Å². The lowest BCUT2D eigenvalue weighted by atomic mass is 10.0. The number of hydrogen-bond donors (Lipinski definition) is 1. The van der Waals surface area contributed by atoms with Crippen molar-refractivity contribution in [3.8, 4) is 0 Å². The van der Waals surface area contributed by atoms with Crippen LogP contribution >= 0.6 is 0 Å². The molecule has 0 saturated heterocycles. The Hall–Kier alpha value is -2.29. The van der Waals surface area contributed by atoms with Gasteiger partial charge in [-0.2, -0.15) is 0 Å². The van der Waals surface area contributed by atoms with Crippen molar-refractivity contribution in [2.45, 2.75) is 44.8 Å². The van der Waals surface area contributed by atoms with E-state index in [2.05, 4.69) is 29.6 Å². The molecule has 3 rings (SSSR count). The van der Waals surface area contributed by atoms with Crippen molar-refractivity contribution < 1.29 is 9.53 Å². The van der Waals surface area contributed by atoms with Crippen molar-refractivity contribution in [2.24, 2.45) is 0 Å². The van der Waals surface area contributed by atoms with Gasteiger partial charge < -0.3 is 10.1 Å². The van der Waals surface area contributed by atoms with Crippen LogP contribution in [0.5, 0.6) is 0 Å². The highest BCUT2D eigenvalue weighted by molar-refractivity contribution is 5.85. The third-order valence-electron chi connectivity index (χ3n) is 4.27. The summed E-state index contributed by atoms with van der Waals surface area (Å²) in [6.45, 7) is 0.483. The maximum Gasteiger partial charge on any atom is 0.407 e. The number of carbonyl (C=O) groups is 1. The number of fused-ring (bicyclic) bond motifs is 1. The number of ether oxygens (including phenoxy) is 1. The topological polar surface area (TPSA) is 38.3 Å². The summed E-state index contributed by atoms with van der Waals surface area (Å²) in [6, 6.07) is 14.3. The Kier molecular flexibility index (Phi) is 5.30. The van der Waals surface area contributed by atoms with Crippen LogP contribution in [-0.2, 0) is 11.3 Å². The predicted octanol–water partition coefficient (Wildman–Crippen LogP) is 4.95. The maximum absolute atomic E-state index is 12.1. The molecule has 0 aromatic heterocycles. The summed E-state index contributed by atoms with van der Waals surface area (Å²) in [6.07, 6.45) is 9.27. The maximum atomic E-state index is 12.1. The summed E-state index contributed by atoms with van der Waals surface area (Å²) in [4.78, 5) is 12.1. The average Bonchev–Trinajstić information content (AvgIpc) is 2.55. The number of nitrogens with one attached hydrogen (secondary N) is 1. The van der Waals surface area contributed by atoms with Crippen LogP contribution in [-0.4, -0.2) is 12.2 Å². The minimum absolute atomic E-state index is 0.0946. The molecule has 1 N–H and O–H groups in total. The molecule has 3 nitrogen and oxygen atoms in total. The van der Waals surface area contributed by atoms with Gasteiger partial charge in [-0.1, -0.05) is 55.0 Å². The fourth-order valence-corrected chi connectivity index (χ4v) is 3.02. The average molecular weight is 309 g/mol. The lowest BCUT2D eigenvalue weighted by Gasteiger charge is -2.17. The Labute approximate surface area is 137 Å². The smallest absolute Gasteiger partial charge is 0.407 e. The number of benzene rings is 2. The van der Waals surface area contributed by atoms with Crippen molar-refractivity contribution >= 4 is 16.9 Å². The van der Waals surface area contributed by atoms with Crippen LogP contribution in [0.3, 0.4) is 0 Å². The van der Waals surface area contributed by atoms with Gasteiger partial charge in [-0.05, 0) is 48.1 Å². The highest BCUT2D eigenvalue weighted by atomic mass is 16.6. The molecule has 120 valence electrons. The molecule has 0 radical (unpaired) electrons. The first-order valence-corrected chi connectivity index (χ1v) is 8.41. The monoisotopic (exact) mass is 309 g/mol. The number of carbonyl (C=O) groups excluding carboxylic acids is 1. The minimum atomic E-state index is -0.340. The SMILES string of the molecule is O=C(NCc1cccc2ccccc12)OC1C=CCCCCC1. The van der Waals surface area contributed by atoms with Gasteiger partial charge in [0, 0.05) is 6.54 Å². The Morgan fingerprint density at radius 3 is 2.91 bits per heavy atom. The molecule has 1 unspecified atom stereocenters. The summed E-state index contributed by atoms with van der Waals surface area (Å²) in [5.74, 6) is 0. The van der Waals surface area contributed by atoms with Gasteiger partial charge in [0.1, 0.15) is 6.10 Å². The van der Waals surface area contributed by atoms with Crippen molar-refractivity contribution in [3.05, 3.63) is 60.2 Å². The molecule has 23 heavy (non-hydrogen) atoms. The van der Waals surface area contributed by atoms with Gasteiger partial charge in [0.05, 0.1) is 0 Å². The molecule has 1 aliphatic rings. The Morgan fingerprint density at radius 1 is 1.09 bits per heavy atom. The van der Waals surface area contributed by atoms with E-state index in [1.807, 2.05) is 30.3 Å². The molecule has 0 heterocycles. The van der Waals surface area contributed by atoms with Gasteiger partial charge >= 0.3 is 6.09 Å².